The third kappa shape index (κ3) is 3.24. The van der Waals surface area contributed by atoms with Crippen LogP contribution in [0.25, 0.3) is 0 Å². The Kier molecular flexibility index (Phi) is 4.53. The molecule has 1 heterocycles. The van der Waals surface area contributed by atoms with E-state index in [9.17, 15) is 9.90 Å². The van der Waals surface area contributed by atoms with Gasteiger partial charge in [-0.3, -0.25) is 4.79 Å². The van der Waals surface area contributed by atoms with Crippen LogP contribution in [0.1, 0.15) is 11.7 Å². The molecule has 20 heavy (non-hydrogen) atoms. The van der Waals surface area contributed by atoms with Crippen LogP contribution >= 0.6 is 11.6 Å². The summed E-state index contributed by atoms with van der Waals surface area (Å²) >= 11 is 5.70. The number of rotatable bonds is 5. The van der Waals surface area contributed by atoms with E-state index < -0.39 is 11.9 Å². The highest BCUT2D eigenvalue weighted by Crippen LogP contribution is 2.28. The molecule has 0 aliphatic rings. The second-order valence-electron chi connectivity index (χ2n) is 4.00. The number of benzene rings is 1. The number of halogens is 1. The summed E-state index contributed by atoms with van der Waals surface area (Å²) in [5, 5.41) is 9.79. The number of furan rings is 1. The Hall–Kier alpha value is -2.14. The van der Waals surface area contributed by atoms with Crippen LogP contribution in [-0.4, -0.2) is 24.8 Å². The SMILES string of the molecule is COC(=O)C(COc1ccccc1O)c1ccc(Cl)o1. The first-order chi connectivity index (χ1) is 9.61. The van der Waals surface area contributed by atoms with E-state index in [1.165, 1.54) is 19.2 Å². The molecule has 2 rings (SSSR count). The predicted molar refractivity (Wildman–Crippen MR) is 72.1 cm³/mol. The molecule has 0 fully saturated rings. The molecule has 1 atom stereocenters. The molecular formula is C14H13ClO5. The molecule has 0 bridgehead atoms. The number of hydrogen-bond acceptors (Lipinski definition) is 5. The first kappa shape index (κ1) is 14.3. The zero-order valence-corrected chi connectivity index (χ0v) is 11.5. The van der Waals surface area contributed by atoms with E-state index >= 15 is 0 Å². The number of para-hydroxylation sites is 2. The van der Waals surface area contributed by atoms with Gasteiger partial charge in [-0.15, -0.1) is 0 Å². The number of hydrogen-bond donors (Lipinski definition) is 1. The van der Waals surface area contributed by atoms with Crippen molar-refractivity contribution in [3.05, 3.63) is 47.4 Å². The molecule has 0 saturated carbocycles. The number of aromatic hydroxyl groups is 1. The number of methoxy groups -OCH3 is 1. The molecule has 0 saturated heterocycles. The molecule has 2 aromatic rings. The van der Waals surface area contributed by atoms with Crippen LogP contribution in [0, 0.1) is 0 Å². The third-order valence-corrected chi connectivity index (χ3v) is 2.90. The number of phenolic OH excluding ortho intramolecular Hbond substituents is 1. The van der Waals surface area contributed by atoms with Gasteiger partial charge >= 0.3 is 5.97 Å². The van der Waals surface area contributed by atoms with Crippen LogP contribution in [-0.2, 0) is 9.53 Å². The summed E-state index contributed by atoms with van der Waals surface area (Å²) < 4.78 is 15.4. The van der Waals surface area contributed by atoms with Gasteiger partial charge in [-0.25, -0.2) is 0 Å². The largest absolute Gasteiger partial charge is 0.504 e. The smallest absolute Gasteiger partial charge is 0.319 e. The first-order valence-electron chi connectivity index (χ1n) is 5.85. The van der Waals surface area contributed by atoms with E-state index in [0.29, 0.717) is 5.76 Å². The average molecular weight is 297 g/mol. The Labute approximate surface area is 120 Å². The van der Waals surface area contributed by atoms with E-state index in [4.69, 9.17) is 25.5 Å². The van der Waals surface area contributed by atoms with E-state index in [2.05, 4.69) is 0 Å². The van der Waals surface area contributed by atoms with Gasteiger partial charge in [0.1, 0.15) is 18.3 Å². The van der Waals surface area contributed by atoms with Crippen molar-refractivity contribution >= 4 is 17.6 Å². The molecule has 1 aromatic carbocycles. The van der Waals surface area contributed by atoms with Crippen LogP contribution in [0.15, 0.2) is 40.8 Å². The summed E-state index contributed by atoms with van der Waals surface area (Å²) in [6.07, 6.45) is 0. The highest BCUT2D eigenvalue weighted by molar-refractivity contribution is 6.28. The van der Waals surface area contributed by atoms with Gasteiger partial charge in [0.2, 0.25) is 0 Å². The van der Waals surface area contributed by atoms with Gasteiger partial charge in [-0.1, -0.05) is 12.1 Å². The van der Waals surface area contributed by atoms with Crippen LogP contribution in [0.3, 0.4) is 0 Å². The fourth-order valence-electron chi connectivity index (χ4n) is 1.68. The van der Waals surface area contributed by atoms with Gasteiger partial charge in [-0.2, -0.15) is 0 Å². The molecule has 0 amide bonds. The molecular weight excluding hydrogens is 284 g/mol. The van der Waals surface area contributed by atoms with Crippen molar-refractivity contribution in [2.24, 2.45) is 0 Å². The van der Waals surface area contributed by atoms with Crippen molar-refractivity contribution in [3.63, 3.8) is 0 Å². The summed E-state index contributed by atoms with van der Waals surface area (Å²) in [6, 6.07) is 9.59. The maximum atomic E-state index is 11.8. The van der Waals surface area contributed by atoms with Crippen molar-refractivity contribution in [2.45, 2.75) is 5.92 Å². The minimum Gasteiger partial charge on any atom is -0.504 e. The Morgan fingerprint density at radius 1 is 1.35 bits per heavy atom. The third-order valence-electron chi connectivity index (χ3n) is 2.69. The highest BCUT2D eigenvalue weighted by atomic mass is 35.5. The van der Waals surface area contributed by atoms with Crippen molar-refractivity contribution in [2.75, 3.05) is 13.7 Å². The fourth-order valence-corrected chi connectivity index (χ4v) is 1.83. The first-order valence-corrected chi connectivity index (χ1v) is 6.23. The van der Waals surface area contributed by atoms with Gasteiger partial charge < -0.3 is 19.0 Å². The van der Waals surface area contributed by atoms with Crippen LogP contribution in [0.2, 0.25) is 5.22 Å². The maximum absolute atomic E-state index is 11.8. The molecule has 106 valence electrons. The van der Waals surface area contributed by atoms with Gasteiger partial charge in [0.05, 0.1) is 7.11 Å². The molecule has 0 aliphatic carbocycles. The lowest BCUT2D eigenvalue weighted by molar-refractivity contribution is -0.143. The number of carbonyl (C=O) groups is 1. The van der Waals surface area contributed by atoms with E-state index in [1.807, 2.05) is 0 Å². The summed E-state index contributed by atoms with van der Waals surface area (Å²) in [7, 11) is 1.28. The number of ether oxygens (including phenoxy) is 2. The van der Waals surface area contributed by atoms with Gasteiger partial charge in [-0.05, 0) is 35.9 Å². The average Bonchev–Trinajstić information content (AvgIpc) is 2.87. The topological polar surface area (TPSA) is 68.9 Å². The fraction of sp³-hybridized carbons (Fsp3) is 0.214. The minimum atomic E-state index is -0.757. The highest BCUT2D eigenvalue weighted by Gasteiger charge is 2.26. The summed E-state index contributed by atoms with van der Waals surface area (Å²) in [5.74, 6) is -0.650. The lowest BCUT2D eigenvalue weighted by Crippen LogP contribution is -2.20. The molecule has 5 nitrogen and oxygen atoms in total. The zero-order valence-electron chi connectivity index (χ0n) is 10.7. The van der Waals surface area contributed by atoms with E-state index in [1.54, 1.807) is 24.3 Å². The van der Waals surface area contributed by atoms with E-state index in [0.717, 1.165) is 0 Å². The monoisotopic (exact) mass is 296 g/mol. The van der Waals surface area contributed by atoms with E-state index in [-0.39, 0.29) is 23.3 Å². The van der Waals surface area contributed by atoms with Crippen LogP contribution < -0.4 is 4.74 Å². The molecule has 6 heteroatoms. The second-order valence-corrected chi connectivity index (χ2v) is 4.37. The molecule has 1 N–H and O–H groups in total. The normalized spacial score (nSPS) is 11.9. The van der Waals surface area contributed by atoms with Crippen molar-refractivity contribution in [1.82, 2.24) is 0 Å². The van der Waals surface area contributed by atoms with Crippen molar-refractivity contribution in [3.8, 4) is 11.5 Å². The predicted octanol–water partition coefficient (Wildman–Crippen LogP) is 2.97. The van der Waals surface area contributed by atoms with Crippen LogP contribution in [0.5, 0.6) is 11.5 Å². The molecule has 0 radical (unpaired) electrons. The molecule has 0 aliphatic heterocycles. The number of phenols is 1. The summed E-state index contributed by atoms with van der Waals surface area (Å²) in [4.78, 5) is 11.8. The number of carbonyl (C=O) groups excluding carboxylic acids is 1. The second kappa shape index (κ2) is 6.34. The molecule has 1 aromatic heterocycles. The van der Waals surface area contributed by atoms with Crippen molar-refractivity contribution < 1.29 is 23.8 Å². The lowest BCUT2D eigenvalue weighted by Gasteiger charge is -2.14. The summed E-state index contributed by atoms with van der Waals surface area (Å²) in [5.41, 5.74) is 0. The Morgan fingerprint density at radius 3 is 2.70 bits per heavy atom. The Bertz CT molecular complexity index is 593. The van der Waals surface area contributed by atoms with Crippen LogP contribution in [0.4, 0.5) is 0 Å². The number of esters is 1. The Balaban J connectivity index is 2.13. The Morgan fingerprint density at radius 2 is 2.10 bits per heavy atom. The standard InChI is InChI=1S/C14H13ClO5/c1-18-14(17)9(11-6-7-13(15)20-11)8-19-12-5-3-2-4-10(12)16/h2-7,9,16H,8H2,1H3. The van der Waals surface area contributed by atoms with Gasteiger partial charge in [0.15, 0.2) is 16.7 Å². The molecule has 0 spiro atoms. The zero-order chi connectivity index (χ0) is 14.5. The minimum absolute atomic E-state index is 0.00593. The quantitative estimate of drug-likeness (QED) is 0.859. The lowest BCUT2D eigenvalue weighted by atomic mass is 10.1. The molecule has 1 unspecified atom stereocenters. The van der Waals surface area contributed by atoms with Gasteiger partial charge in [0, 0.05) is 0 Å². The van der Waals surface area contributed by atoms with Crippen molar-refractivity contribution in [1.29, 1.82) is 0 Å². The maximum Gasteiger partial charge on any atom is 0.319 e. The summed E-state index contributed by atoms with van der Waals surface area (Å²) in [6.45, 7) is -0.0336. The van der Waals surface area contributed by atoms with Gasteiger partial charge in [0.25, 0.3) is 0 Å².